The third-order valence-corrected chi connectivity index (χ3v) is 7.13. The molecule has 2 amide bonds. The summed E-state index contributed by atoms with van der Waals surface area (Å²) in [6.07, 6.45) is 2.45. The van der Waals surface area contributed by atoms with Gasteiger partial charge in [0.15, 0.2) is 11.5 Å². The Kier molecular flexibility index (Phi) is 7.37. The first-order valence-corrected chi connectivity index (χ1v) is 12.1. The summed E-state index contributed by atoms with van der Waals surface area (Å²) in [5.41, 5.74) is 9.18. The second-order valence-corrected chi connectivity index (χ2v) is 9.23. The van der Waals surface area contributed by atoms with Gasteiger partial charge < -0.3 is 30.2 Å². The van der Waals surface area contributed by atoms with E-state index in [1.54, 1.807) is 27.4 Å². The van der Waals surface area contributed by atoms with Gasteiger partial charge in [-0.05, 0) is 60.6 Å². The highest BCUT2D eigenvalue weighted by Crippen LogP contribution is 2.50. The smallest absolute Gasteiger partial charge is 0.220 e. The lowest BCUT2D eigenvalue weighted by atomic mass is 9.95. The number of carbonyl (C=O) groups excluding carboxylic acids is 2. The predicted molar refractivity (Wildman–Crippen MR) is 137 cm³/mol. The molecular weight excluding hydrogens is 462 g/mol. The van der Waals surface area contributed by atoms with Crippen molar-refractivity contribution in [3.05, 3.63) is 45.6 Å². The van der Waals surface area contributed by atoms with Crippen LogP contribution in [-0.2, 0) is 16.0 Å². The van der Waals surface area contributed by atoms with Crippen LogP contribution in [0.2, 0.25) is 0 Å². The van der Waals surface area contributed by atoms with E-state index < -0.39 is 0 Å². The van der Waals surface area contributed by atoms with Gasteiger partial charge >= 0.3 is 0 Å². The van der Waals surface area contributed by atoms with E-state index in [-0.39, 0.29) is 29.2 Å². The van der Waals surface area contributed by atoms with E-state index in [9.17, 15) is 14.4 Å². The lowest BCUT2D eigenvalue weighted by Gasteiger charge is -2.31. The quantitative estimate of drug-likeness (QED) is 0.632. The van der Waals surface area contributed by atoms with Gasteiger partial charge in [-0.15, -0.1) is 0 Å². The molecule has 1 aliphatic carbocycles. The zero-order chi connectivity index (χ0) is 26.0. The fraction of sp³-hybridized carbons (Fsp3) is 0.444. The molecule has 9 nitrogen and oxygen atoms in total. The van der Waals surface area contributed by atoms with E-state index in [0.717, 1.165) is 22.3 Å². The Hall–Kier alpha value is -3.75. The van der Waals surface area contributed by atoms with Crippen molar-refractivity contribution in [2.75, 3.05) is 39.3 Å². The number of methoxy groups -OCH3 is 3. The summed E-state index contributed by atoms with van der Waals surface area (Å²) >= 11 is 0. The molecule has 1 aliphatic heterocycles. The van der Waals surface area contributed by atoms with Gasteiger partial charge in [0.2, 0.25) is 23.0 Å². The summed E-state index contributed by atoms with van der Waals surface area (Å²) < 4.78 is 17.0. The van der Waals surface area contributed by atoms with E-state index in [4.69, 9.17) is 19.9 Å². The molecule has 1 atom stereocenters. The monoisotopic (exact) mass is 495 g/mol. The summed E-state index contributed by atoms with van der Waals surface area (Å²) in [5, 5.41) is 3.02. The van der Waals surface area contributed by atoms with Gasteiger partial charge in [-0.1, -0.05) is 6.07 Å². The fourth-order valence-electron chi connectivity index (χ4n) is 5.37. The highest BCUT2D eigenvalue weighted by molar-refractivity contribution is 5.84. The minimum absolute atomic E-state index is 0.146. The number of carbonyl (C=O) groups is 2. The number of piperidine rings is 1. The summed E-state index contributed by atoms with van der Waals surface area (Å²) in [5.74, 6) is 0.883. The Morgan fingerprint density at radius 1 is 1.00 bits per heavy atom. The molecule has 2 aromatic carbocycles. The van der Waals surface area contributed by atoms with Gasteiger partial charge in [0, 0.05) is 31.5 Å². The molecule has 0 bridgehead atoms. The van der Waals surface area contributed by atoms with Crippen LogP contribution in [0.25, 0.3) is 11.1 Å². The average Bonchev–Trinajstić information content (AvgIpc) is 3.11. The molecular formula is C27H33N3O6. The summed E-state index contributed by atoms with van der Waals surface area (Å²) in [4.78, 5) is 39.2. The number of primary amides is 1. The summed E-state index contributed by atoms with van der Waals surface area (Å²) in [7, 11) is 4.70. The van der Waals surface area contributed by atoms with Crippen LogP contribution >= 0.6 is 0 Å². The molecule has 4 rings (SSSR count). The number of hydrogen-bond donors (Lipinski definition) is 2. The Morgan fingerprint density at radius 2 is 1.69 bits per heavy atom. The first-order chi connectivity index (χ1) is 17.3. The normalized spacial score (nSPS) is 17.3. The van der Waals surface area contributed by atoms with Crippen molar-refractivity contribution in [3.63, 3.8) is 0 Å². The van der Waals surface area contributed by atoms with Crippen molar-refractivity contribution in [1.29, 1.82) is 0 Å². The molecule has 0 spiro atoms. The van der Waals surface area contributed by atoms with Crippen LogP contribution in [-0.4, -0.2) is 46.2 Å². The van der Waals surface area contributed by atoms with Crippen LogP contribution in [0.4, 0.5) is 5.69 Å². The van der Waals surface area contributed by atoms with Crippen LogP contribution < -0.4 is 35.6 Å². The third kappa shape index (κ3) is 4.69. The number of aryl methyl sites for hydroxylation is 1. The van der Waals surface area contributed by atoms with Gasteiger partial charge in [-0.2, -0.15) is 0 Å². The number of nitrogens with zero attached hydrogens (tertiary/aromatic N) is 1. The van der Waals surface area contributed by atoms with E-state index in [0.29, 0.717) is 61.7 Å². The summed E-state index contributed by atoms with van der Waals surface area (Å²) in [6.45, 7) is 2.61. The lowest BCUT2D eigenvalue weighted by molar-refractivity contribution is -0.122. The molecule has 1 fully saturated rings. The molecule has 0 unspecified atom stereocenters. The Morgan fingerprint density at radius 3 is 2.28 bits per heavy atom. The largest absolute Gasteiger partial charge is 0.493 e. The van der Waals surface area contributed by atoms with E-state index >= 15 is 0 Å². The number of rotatable bonds is 6. The zero-order valence-corrected chi connectivity index (χ0v) is 21.2. The second kappa shape index (κ2) is 10.5. The fourth-order valence-corrected chi connectivity index (χ4v) is 5.37. The van der Waals surface area contributed by atoms with Gasteiger partial charge in [0.05, 0.1) is 33.1 Å². The standard InChI is InChI=1S/C27H33N3O6/c1-15(31)29-20-7-5-17-13-23(34-2)25(35-3)26(36-4)24(17)18-6-8-21(22(32)14-19(18)20)30-11-9-16(10-12-30)27(28)33/h6,8,13-14,16,20H,5,7,9-12H2,1-4H3,(H2,28,33)(H,29,31)/t20-/m0/s1. The number of amides is 2. The lowest BCUT2D eigenvalue weighted by Crippen LogP contribution is -2.40. The molecule has 1 saturated heterocycles. The number of ether oxygens (including phenoxy) is 3. The first-order valence-electron chi connectivity index (χ1n) is 12.1. The Balaban J connectivity index is 1.92. The molecule has 3 N–H and O–H groups in total. The Bertz CT molecular complexity index is 1240. The number of hydrogen-bond acceptors (Lipinski definition) is 7. The molecule has 0 aromatic heterocycles. The highest BCUT2D eigenvalue weighted by Gasteiger charge is 2.30. The maximum atomic E-state index is 13.5. The highest BCUT2D eigenvalue weighted by atomic mass is 16.5. The number of anilines is 1. The Labute approximate surface area is 210 Å². The second-order valence-electron chi connectivity index (χ2n) is 9.23. The van der Waals surface area contributed by atoms with Gasteiger partial charge in [-0.25, -0.2) is 0 Å². The minimum Gasteiger partial charge on any atom is -0.493 e. The molecule has 1 heterocycles. The molecule has 0 saturated carbocycles. The maximum Gasteiger partial charge on any atom is 0.220 e. The molecule has 0 radical (unpaired) electrons. The SMILES string of the molecule is COc1cc2c(c(OC)c1OC)-c1ccc(N3CCC(C(N)=O)CC3)c(=O)cc1[C@@H](NC(C)=O)CC2. The number of benzene rings is 1. The molecule has 9 heteroatoms. The molecule has 192 valence electrons. The first kappa shape index (κ1) is 25.3. The van der Waals surface area contributed by atoms with Gasteiger partial charge in [0.25, 0.3) is 0 Å². The van der Waals surface area contributed by atoms with Crippen molar-refractivity contribution in [1.82, 2.24) is 5.32 Å². The van der Waals surface area contributed by atoms with Crippen LogP contribution in [0.5, 0.6) is 17.2 Å². The van der Waals surface area contributed by atoms with Crippen molar-refractivity contribution in [2.24, 2.45) is 11.7 Å². The zero-order valence-electron chi connectivity index (χ0n) is 21.2. The maximum absolute atomic E-state index is 13.5. The average molecular weight is 496 g/mol. The van der Waals surface area contributed by atoms with Gasteiger partial charge in [0.1, 0.15) is 0 Å². The molecule has 36 heavy (non-hydrogen) atoms. The molecule has 2 aliphatic rings. The van der Waals surface area contributed by atoms with E-state index in [1.165, 1.54) is 6.92 Å². The van der Waals surface area contributed by atoms with E-state index in [1.807, 2.05) is 23.1 Å². The minimum atomic E-state index is -0.361. The third-order valence-electron chi connectivity index (χ3n) is 7.13. The summed E-state index contributed by atoms with van der Waals surface area (Å²) in [6, 6.07) is 6.93. The number of nitrogens with two attached hydrogens (primary N) is 1. The van der Waals surface area contributed by atoms with Crippen molar-refractivity contribution >= 4 is 17.5 Å². The van der Waals surface area contributed by atoms with Crippen molar-refractivity contribution in [2.45, 2.75) is 38.6 Å². The van der Waals surface area contributed by atoms with E-state index in [2.05, 4.69) is 5.32 Å². The molecule has 2 aromatic rings. The van der Waals surface area contributed by atoms with Crippen LogP contribution in [0.15, 0.2) is 29.1 Å². The predicted octanol–water partition coefficient (Wildman–Crippen LogP) is 2.56. The van der Waals surface area contributed by atoms with Crippen molar-refractivity contribution < 1.29 is 23.8 Å². The van der Waals surface area contributed by atoms with Crippen molar-refractivity contribution in [3.8, 4) is 28.4 Å². The number of nitrogens with one attached hydrogen (secondary N) is 1. The van der Waals surface area contributed by atoms with Crippen LogP contribution in [0.3, 0.4) is 0 Å². The van der Waals surface area contributed by atoms with Crippen LogP contribution in [0, 0.1) is 5.92 Å². The topological polar surface area (TPSA) is 120 Å². The van der Waals surface area contributed by atoms with Crippen LogP contribution in [0.1, 0.15) is 43.4 Å². The van der Waals surface area contributed by atoms with Gasteiger partial charge in [-0.3, -0.25) is 14.4 Å². The number of fused-ring (bicyclic) bond motifs is 3.